The fourth-order valence-electron chi connectivity index (χ4n) is 3.84. The Morgan fingerprint density at radius 2 is 1.88 bits per heavy atom. The molecule has 9 heteroatoms. The van der Waals surface area contributed by atoms with E-state index in [0.717, 1.165) is 30.5 Å². The minimum Gasteiger partial charge on any atom is -0.317 e. The number of aromatic nitrogens is 4. The molecule has 0 spiro atoms. The van der Waals surface area contributed by atoms with E-state index in [1.807, 2.05) is 19.1 Å². The number of benzene rings is 2. The summed E-state index contributed by atoms with van der Waals surface area (Å²) in [6.45, 7) is 1.58. The molecule has 1 fully saturated rings. The van der Waals surface area contributed by atoms with Crippen LogP contribution in [0.4, 0.5) is 8.78 Å². The molecule has 2 aromatic heterocycles. The number of carbonyl (C=O) groups excluding carboxylic acids is 1. The second-order valence-electron chi connectivity index (χ2n) is 7.96. The third kappa shape index (κ3) is 3.26. The van der Waals surface area contributed by atoms with E-state index < -0.39 is 28.7 Å². The van der Waals surface area contributed by atoms with Crippen LogP contribution in [0.1, 0.15) is 34.8 Å². The highest BCUT2D eigenvalue weighted by molar-refractivity contribution is 5.96. The molecule has 0 atom stereocenters. The third-order valence-electron chi connectivity index (χ3n) is 5.58. The van der Waals surface area contributed by atoms with Gasteiger partial charge in [-0.3, -0.25) is 14.2 Å². The lowest BCUT2D eigenvalue weighted by atomic mass is 10.1. The van der Waals surface area contributed by atoms with E-state index >= 15 is 0 Å². The SMILES string of the molecule is Cc1cccc(-n2c(=O)n(C3CC3)c(=O)c3c2ncn3CC(=O)c2ccc(F)c(F)c2)c1. The maximum absolute atomic E-state index is 13.6. The van der Waals surface area contributed by atoms with Gasteiger partial charge in [-0.05, 0) is 55.7 Å². The van der Waals surface area contributed by atoms with Crippen molar-refractivity contribution in [1.82, 2.24) is 18.7 Å². The molecule has 32 heavy (non-hydrogen) atoms. The van der Waals surface area contributed by atoms with Crippen molar-refractivity contribution in [1.29, 1.82) is 0 Å². The van der Waals surface area contributed by atoms with Gasteiger partial charge < -0.3 is 4.57 Å². The smallest absolute Gasteiger partial charge is 0.317 e. The van der Waals surface area contributed by atoms with Crippen LogP contribution in [0.2, 0.25) is 0 Å². The molecule has 0 unspecified atom stereocenters. The van der Waals surface area contributed by atoms with Gasteiger partial charge in [0.1, 0.15) is 0 Å². The maximum Gasteiger partial charge on any atom is 0.337 e. The third-order valence-corrected chi connectivity index (χ3v) is 5.58. The number of hydrogen-bond acceptors (Lipinski definition) is 4. The van der Waals surface area contributed by atoms with Crippen LogP contribution in [-0.4, -0.2) is 24.5 Å². The van der Waals surface area contributed by atoms with Crippen molar-refractivity contribution >= 4 is 16.9 Å². The van der Waals surface area contributed by atoms with Crippen molar-refractivity contribution in [3.63, 3.8) is 0 Å². The molecule has 1 saturated carbocycles. The van der Waals surface area contributed by atoms with Crippen LogP contribution in [0.5, 0.6) is 0 Å². The van der Waals surface area contributed by atoms with Crippen molar-refractivity contribution in [2.24, 2.45) is 0 Å². The number of fused-ring (bicyclic) bond motifs is 1. The van der Waals surface area contributed by atoms with E-state index in [1.165, 1.54) is 26.1 Å². The molecular weight excluding hydrogens is 418 g/mol. The summed E-state index contributed by atoms with van der Waals surface area (Å²) >= 11 is 0. The highest BCUT2D eigenvalue weighted by Gasteiger charge is 2.30. The van der Waals surface area contributed by atoms with Crippen LogP contribution in [0.3, 0.4) is 0 Å². The molecule has 7 nitrogen and oxygen atoms in total. The van der Waals surface area contributed by atoms with Crippen LogP contribution in [0.15, 0.2) is 58.4 Å². The predicted octanol–water partition coefficient (Wildman–Crippen LogP) is 3.15. The Balaban J connectivity index is 1.69. The number of ketones is 1. The molecule has 4 aromatic rings. The number of halogens is 2. The number of rotatable bonds is 5. The van der Waals surface area contributed by atoms with E-state index in [4.69, 9.17) is 0 Å². The first-order chi connectivity index (χ1) is 15.3. The van der Waals surface area contributed by atoms with Crippen molar-refractivity contribution in [2.75, 3.05) is 0 Å². The van der Waals surface area contributed by atoms with Crippen molar-refractivity contribution in [3.05, 3.63) is 92.4 Å². The van der Waals surface area contributed by atoms with Crippen LogP contribution in [0.25, 0.3) is 16.9 Å². The summed E-state index contributed by atoms with van der Waals surface area (Å²) in [5.74, 6) is -2.70. The fraction of sp³-hybridized carbons (Fsp3) is 0.217. The topological polar surface area (TPSA) is 78.9 Å². The van der Waals surface area contributed by atoms with Gasteiger partial charge in [0.2, 0.25) is 0 Å². The van der Waals surface area contributed by atoms with Gasteiger partial charge in [-0.1, -0.05) is 12.1 Å². The molecular formula is C23H18F2N4O3. The first-order valence-electron chi connectivity index (χ1n) is 10.1. The molecule has 0 N–H and O–H groups in total. The molecule has 0 amide bonds. The largest absolute Gasteiger partial charge is 0.337 e. The molecule has 0 radical (unpaired) electrons. The molecule has 0 saturated heterocycles. The number of aryl methyl sites for hydroxylation is 1. The fourth-order valence-corrected chi connectivity index (χ4v) is 3.84. The Morgan fingerprint density at radius 1 is 1.09 bits per heavy atom. The van der Waals surface area contributed by atoms with Gasteiger partial charge in [-0.25, -0.2) is 23.1 Å². The Kier molecular flexibility index (Phi) is 4.61. The first kappa shape index (κ1) is 20.0. The van der Waals surface area contributed by atoms with E-state index in [-0.39, 0.29) is 29.3 Å². The van der Waals surface area contributed by atoms with Crippen LogP contribution >= 0.6 is 0 Å². The summed E-state index contributed by atoms with van der Waals surface area (Å²) in [5.41, 5.74) is 0.709. The average Bonchev–Trinajstić information content (AvgIpc) is 3.50. The van der Waals surface area contributed by atoms with Gasteiger partial charge in [-0.15, -0.1) is 0 Å². The predicted molar refractivity (Wildman–Crippen MR) is 113 cm³/mol. The van der Waals surface area contributed by atoms with Crippen molar-refractivity contribution in [3.8, 4) is 5.69 Å². The number of imidazole rings is 1. The lowest BCUT2D eigenvalue weighted by Crippen LogP contribution is -2.39. The first-order valence-corrected chi connectivity index (χ1v) is 10.1. The van der Waals surface area contributed by atoms with E-state index in [9.17, 15) is 23.2 Å². The second-order valence-corrected chi connectivity index (χ2v) is 7.96. The zero-order valence-corrected chi connectivity index (χ0v) is 17.1. The van der Waals surface area contributed by atoms with Crippen LogP contribution in [0, 0.1) is 18.6 Å². The number of Topliss-reactive ketones (excluding diaryl/α,β-unsaturated/α-hetero) is 1. The van der Waals surface area contributed by atoms with E-state index in [0.29, 0.717) is 5.69 Å². The molecule has 0 aliphatic heterocycles. The molecule has 162 valence electrons. The van der Waals surface area contributed by atoms with Gasteiger partial charge in [0.05, 0.1) is 18.6 Å². The van der Waals surface area contributed by atoms with Crippen molar-refractivity contribution in [2.45, 2.75) is 32.4 Å². The molecule has 0 bridgehead atoms. The summed E-state index contributed by atoms with van der Waals surface area (Å²) < 4.78 is 30.7. The Morgan fingerprint density at radius 3 is 2.56 bits per heavy atom. The van der Waals surface area contributed by atoms with E-state index in [1.54, 1.807) is 12.1 Å². The lowest BCUT2D eigenvalue weighted by Gasteiger charge is -2.12. The van der Waals surface area contributed by atoms with Crippen LogP contribution < -0.4 is 11.2 Å². The Bertz CT molecular complexity index is 1510. The normalized spacial score (nSPS) is 13.6. The van der Waals surface area contributed by atoms with Crippen LogP contribution in [-0.2, 0) is 6.54 Å². The minimum atomic E-state index is -1.13. The van der Waals surface area contributed by atoms with Gasteiger partial charge >= 0.3 is 5.69 Å². The van der Waals surface area contributed by atoms with Gasteiger partial charge in [0, 0.05) is 11.6 Å². The average molecular weight is 436 g/mol. The van der Waals surface area contributed by atoms with Gasteiger partial charge in [-0.2, -0.15) is 0 Å². The van der Waals surface area contributed by atoms with Crippen molar-refractivity contribution < 1.29 is 13.6 Å². The van der Waals surface area contributed by atoms with E-state index in [2.05, 4.69) is 4.98 Å². The minimum absolute atomic E-state index is 0.0275. The van der Waals surface area contributed by atoms with Gasteiger partial charge in [0.15, 0.2) is 28.6 Å². The molecule has 2 heterocycles. The molecule has 1 aliphatic rings. The maximum atomic E-state index is 13.6. The Labute approximate surface area is 180 Å². The quantitative estimate of drug-likeness (QED) is 0.450. The summed E-state index contributed by atoms with van der Waals surface area (Å²) in [6.07, 6.45) is 2.75. The second kappa shape index (κ2) is 7.37. The highest BCUT2D eigenvalue weighted by Crippen LogP contribution is 2.32. The summed E-state index contributed by atoms with van der Waals surface area (Å²) in [7, 11) is 0. The number of carbonyl (C=O) groups is 1. The molecule has 5 rings (SSSR count). The zero-order valence-electron chi connectivity index (χ0n) is 17.1. The standard InChI is InChI=1S/C23H18F2N4O3/c1-13-3-2-4-16(9-13)28-21-20(22(31)29(23(28)32)15-6-7-15)27(12-26-21)11-19(30)14-5-8-17(24)18(25)10-14/h2-5,8-10,12,15H,6-7,11H2,1H3. The number of hydrogen-bond donors (Lipinski definition) is 0. The number of nitrogens with zero attached hydrogens (tertiary/aromatic N) is 4. The molecule has 1 aliphatic carbocycles. The lowest BCUT2D eigenvalue weighted by molar-refractivity contribution is 0.0972. The summed E-state index contributed by atoms with van der Waals surface area (Å²) in [4.78, 5) is 43.5. The van der Waals surface area contributed by atoms with Gasteiger partial charge in [0.25, 0.3) is 5.56 Å². The zero-order chi connectivity index (χ0) is 22.6. The highest BCUT2D eigenvalue weighted by atomic mass is 19.2. The monoisotopic (exact) mass is 436 g/mol. The molecule has 2 aromatic carbocycles. The summed E-state index contributed by atoms with van der Waals surface area (Å²) in [5, 5.41) is 0. The Hall–Kier alpha value is -3.88. The summed E-state index contributed by atoms with van der Waals surface area (Å²) in [6, 6.07) is 9.95.